The third-order valence-corrected chi connectivity index (χ3v) is 7.32. The van der Waals surface area contributed by atoms with E-state index in [0.717, 1.165) is 23.2 Å². The SMILES string of the molecule is CC(C)[C@H](NS(=O)(=O)c1ccc2c(c1)CCCC(=O)N2)C(=O)N1CCc2ccccc21. The number of carbonyl (C=O) groups is 2. The molecule has 0 radical (unpaired) electrons. The zero-order valence-electron chi connectivity index (χ0n) is 17.7. The molecule has 1 atom stereocenters. The van der Waals surface area contributed by atoms with E-state index in [4.69, 9.17) is 0 Å². The Balaban J connectivity index is 1.59. The Hall–Kier alpha value is -2.71. The van der Waals surface area contributed by atoms with E-state index in [0.29, 0.717) is 31.5 Å². The summed E-state index contributed by atoms with van der Waals surface area (Å²) in [6.45, 7) is 4.21. The summed E-state index contributed by atoms with van der Waals surface area (Å²) in [5.74, 6) is -0.537. The summed E-state index contributed by atoms with van der Waals surface area (Å²) >= 11 is 0. The number of sulfonamides is 1. The van der Waals surface area contributed by atoms with Crippen LogP contribution in [0.1, 0.15) is 37.8 Å². The molecule has 0 unspecified atom stereocenters. The molecular weight excluding hydrogens is 414 g/mol. The van der Waals surface area contributed by atoms with E-state index in [1.165, 1.54) is 6.07 Å². The average molecular weight is 442 g/mol. The van der Waals surface area contributed by atoms with Crippen LogP contribution in [0.3, 0.4) is 0 Å². The van der Waals surface area contributed by atoms with Crippen molar-refractivity contribution in [3.8, 4) is 0 Å². The molecule has 0 spiro atoms. The quantitative estimate of drug-likeness (QED) is 0.746. The second-order valence-corrected chi connectivity index (χ2v) is 10.1. The van der Waals surface area contributed by atoms with Gasteiger partial charge in [0.05, 0.1) is 4.90 Å². The molecule has 0 saturated carbocycles. The van der Waals surface area contributed by atoms with Crippen molar-refractivity contribution in [2.45, 2.75) is 50.5 Å². The first-order chi connectivity index (χ1) is 14.8. The molecule has 8 heteroatoms. The second kappa shape index (κ2) is 8.43. The Labute approximate surface area is 182 Å². The number of nitrogens with one attached hydrogen (secondary N) is 2. The summed E-state index contributed by atoms with van der Waals surface area (Å²) in [6, 6.07) is 11.5. The number of rotatable bonds is 5. The molecule has 0 saturated heterocycles. The van der Waals surface area contributed by atoms with Gasteiger partial charge in [0.25, 0.3) is 0 Å². The van der Waals surface area contributed by atoms with Crippen LogP contribution in [0.15, 0.2) is 47.4 Å². The van der Waals surface area contributed by atoms with Gasteiger partial charge < -0.3 is 10.2 Å². The zero-order valence-corrected chi connectivity index (χ0v) is 18.5. The van der Waals surface area contributed by atoms with Crippen LogP contribution < -0.4 is 14.9 Å². The summed E-state index contributed by atoms with van der Waals surface area (Å²) in [7, 11) is -3.93. The molecule has 0 fully saturated rings. The molecule has 2 aromatic carbocycles. The van der Waals surface area contributed by atoms with E-state index in [1.807, 2.05) is 38.1 Å². The Morgan fingerprint density at radius 2 is 1.84 bits per heavy atom. The Morgan fingerprint density at radius 3 is 2.61 bits per heavy atom. The zero-order chi connectivity index (χ0) is 22.2. The molecule has 2 N–H and O–H groups in total. The number of nitrogens with zero attached hydrogens (tertiary/aromatic N) is 1. The Bertz CT molecular complexity index is 1130. The number of fused-ring (bicyclic) bond motifs is 2. The lowest BCUT2D eigenvalue weighted by molar-refractivity contribution is -0.121. The van der Waals surface area contributed by atoms with Gasteiger partial charge in [-0.15, -0.1) is 0 Å². The van der Waals surface area contributed by atoms with Crippen LogP contribution in [0.4, 0.5) is 11.4 Å². The Morgan fingerprint density at radius 1 is 1.06 bits per heavy atom. The van der Waals surface area contributed by atoms with Crippen LogP contribution in [0.2, 0.25) is 0 Å². The van der Waals surface area contributed by atoms with Crippen molar-refractivity contribution in [2.24, 2.45) is 5.92 Å². The molecule has 0 bridgehead atoms. The third kappa shape index (κ3) is 4.36. The van der Waals surface area contributed by atoms with Gasteiger partial charge in [0, 0.05) is 24.3 Å². The predicted octanol–water partition coefficient (Wildman–Crippen LogP) is 2.85. The van der Waals surface area contributed by atoms with Crippen LogP contribution >= 0.6 is 0 Å². The summed E-state index contributed by atoms with van der Waals surface area (Å²) in [5.41, 5.74) is 3.37. The largest absolute Gasteiger partial charge is 0.326 e. The fourth-order valence-corrected chi connectivity index (χ4v) is 5.55. The van der Waals surface area contributed by atoms with Crippen molar-refractivity contribution < 1.29 is 18.0 Å². The van der Waals surface area contributed by atoms with Crippen molar-refractivity contribution in [2.75, 3.05) is 16.8 Å². The van der Waals surface area contributed by atoms with Gasteiger partial charge in [-0.3, -0.25) is 9.59 Å². The van der Waals surface area contributed by atoms with Crippen molar-refractivity contribution in [3.63, 3.8) is 0 Å². The molecule has 0 aromatic heterocycles. The number of hydrogen-bond acceptors (Lipinski definition) is 4. The lowest BCUT2D eigenvalue weighted by Gasteiger charge is -2.27. The van der Waals surface area contributed by atoms with Gasteiger partial charge in [-0.2, -0.15) is 4.72 Å². The van der Waals surface area contributed by atoms with E-state index in [1.54, 1.807) is 17.0 Å². The molecule has 2 amide bonds. The van der Waals surface area contributed by atoms with Crippen molar-refractivity contribution in [3.05, 3.63) is 53.6 Å². The van der Waals surface area contributed by atoms with Crippen molar-refractivity contribution in [1.82, 2.24) is 4.72 Å². The summed E-state index contributed by atoms with van der Waals surface area (Å²) < 4.78 is 29.0. The topological polar surface area (TPSA) is 95.6 Å². The van der Waals surface area contributed by atoms with E-state index < -0.39 is 16.1 Å². The number of hydrogen-bond donors (Lipinski definition) is 2. The van der Waals surface area contributed by atoms with Crippen molar-refractivity contribution in [1.29, 1.82) is 0 Å². The van der Waals surface area contributed by atoms with E-state index in [2.05, 4.69) is 10.0 Å². The Kier molecular flexibility index (Phi) is 5.85. The molecule has 7 nitrogen and oxygen atoms in total. The van der Waals surface area contributed by atoms with Crippen LogP contribution in [-0.2, 0) is 32.5 Å². The molecule has 164 valence electrons. The fraction of sp³-hybridized carbons (Fsp3) is 0.391. The van der Waals surface area contributed by atoms with Crippen molar-refractivity contribution >= 4 is 33.2 Å². The van der Waals surface area contributed by atoms with Gasteiger partial charge in [0.15, 0.2) is 0 Å². The minimum atomic E-state index is -3.93. The highest BCUT2D eigenvalue weighted by molar-refractivity contribution is 7.89. The number of anilines is 2. The highest BCUT2D eigenvalue weighted by Crippen LogP contribution is 2.29. The summed E-state index contributed by atoms with van der Waals surface area (Å²) in [6.07, 6.45) is 2.46. The molecule has 2 aliphatic rings. The maximum Gasteiger partial charge on any atom is 0.245 e. The monoisotopic (exact) mass is 441 g/mol. The summed E-state index contributed by atoms with van der Waals surface area (Å²) in [4.78, 5) is 26.9. The predicted molar refractivity (Wildman–Crippen MR) is 119 cm³/mol. The number of benzene rings is 2. The maximum absolute atomic E-state index is 13.3. The maximum atomic E-state index is 13.3. The van der Waals surface area contributed by atoms with Gasteiger partial charge in [0.1, 0.15) is 6.04 Å². The molecule has 0 aliphatic carbocycles. The minimum absolute atomic E-state index is 0.0659. The van der Waals surface area contributed by atoms with Gasteiger partial charge in [-0.1, -0.05) is 32.0 Å². The van der Waals surface area contributed by atoms with Gasteiger partial charge in [0.2, 0.25) is 21.8 Å². The van der Waals surface area contributed by atoms with Gasteiger partial charge in [-0.05, 0) is 60.6 Å². The number of amides is 2. The number of para-hydroxylation sites is 1. The molecule has 2 aliphatic heterocycles. The normalized spacial score (nSPS) is 17.0. The van der Waals surface area contributed by atoms with Crippen LogP contribution in [0.5, 0.6) is 0 Å². The van der Waals surface area contributed by atoms with Crippen LogP contribution in [-0.4, -0.2) is 32.8 Å². The molecule has 2 heterocycles. The highest BCUT2D eigenvalue weighted by Gasteiger charge is 2.35. The third-order valence-electron chi connectivity index (χ3n) is 5.88. The molecule has 4 rings (SSSR count). The second-order valence-electron chi connectivity index (χ2n) is 8.43. The molecule has 31 heavy (non-hydrogen) atoms. The molecule has 2 aromatic rings. The highest BCUT2D eigenvalue weighted by atomic mass is 32.2. The minimum Gasteiger partial charge on any atom is -0.326 e. The average Bonchev–Trinajstić information content (AvgIpc) is 3.07. The lowest BCUT2D eigenvalue weighted by atomic mass is 10.0. The van der Waals surface area contributed by atoms with E-state index in [9.17, 15) is 18.0 Å². The molecular formula is C23H27N3O4S. The first-order valence-corrected chi connectivity index (χ1v) is 12.1. The van der Waals surface area contributed by atoms with E-state index in [-0.39, 0.29) is 22.6 Å². The van der Waals surface area contributed by atoms with Crippen LogP contribution in [0.25, 0.3) is 0 Å². The van der Waals surface area contributed by atoms with Gasteiger partial charge >= 0.3 is 0 Å². The van der Waals surface area contributed by atoms with E-state index >= 15 is 0 Å². The number of aryl methyl sites for hydroxylation is 1. The number of carbonyl (C=O) groups excluding carboxylic acids is 2. The first kappa shape index (κ1) is 21.5. The first-order valence-electron chi connectivity index (χ1n) is 10.6. The fourth-order valence-electron chi connectivity index (χ4n) is 4.16. The smallest absolute Gasteiger partial charge is 0.245 e. The van der Waals surface area contributed by atoms with Gasteiger partial charge in [-0.25, -0.2) is 8.42 Å². The van der Waals surface area contributed by atoms with Crippen LogP contribution in [0, 0.1) is 5.92 Å². The standard InChI is InChI=1S/C23H27N3O4S/c1-15(2)22(23(28)26-13-12-16-6-3-4-8-20(16)26)25-31(29,30)18-10-11-19-17(14-18)7-5-9-21(27)24-19/h3-4,6,8,10-11,14-15,22,25H,5,7,9,12-13H2,1-2H3,(H,24,27)/t22-/m0/s1. The lowest BCUT2D eigenvalue weighted by Crippen LogP contribution is -2.51. The summed E-state index contributed by atoms with van der Waals surface area (Å²) in [5, 5.41) is 2.81.